The zero-order valence-corrected chi connectivity index (χ0v) is 38.5. The highest BCUT2D eigenvalue weighted by Gasteiger charge is 2.39. The van der Waals surface area contributed by atoms with Crippen molar-refractivity contribution in [3.8, 4) is 39.5 Å². The van der Waals surface area contributed by atoms with Gasteiger partial charge in [-0.25, -0.2) is 28.9 Å². The van der Waals surface area contributed by atoms with Crippen LogP contribution < -0.4 is 10.1 Å². The van der Waals surface area contributed by atoms with Gasteiger partial charge in [0.05, 0.1) is 64.6 Å². The average molecular weight is 908 g/mol. The first kappa shape index (κ1) is 44.0. The van der Waals surface area contributed by atoms with Gasteiger partial charge in [0.2, 0.25) is 12.1 Å². The van der Waals surface area contributed by atoms with Gasteiger partial charge in [-0.15, -0.1) is 11.3 Å². The molecule has 0 bridgehead atoms. The summed E-state index contributed by atoms with van der Waals surface area (Å²) in [6.07, 6.45) is 6.29. The highest BCUT2D eigenvalue weighted by atomic mass is 32.1. The van der Waals surface area contributed by atoms with Crippen molar-refractivity contribution in [1.29, 1.82) is 0 Å². The fourth-order valence-corrected chi connectivity index (χ4v) is 10.00. The van der Waals surface area contributed by atoms with Gasteiger partial charge >= 0.3 is 12.2 Å². The largest absolute Gasteiger partial charge is 0.464 e. The number of likely N-dealkylation sites (tertiary alicyclic amines) is 2. The first-order valence-electron chi connectivity index (χ1n) is 22.0. The number of hydrogen-bond acceptors (Lipinski definition) is 11. The molecule has 7 heterocycles. The molecule has 3 amide bonds. The number of aromatic amines is 2. The number of aliphatic hydroxyl groups is 1. The van der Waals surface area contributed by atoms with Crippen LogP contribution in [0, 0.1) is 11.7 Å². The van der Waals surface area contributed by atoms with Crippen molar-refractivity contribution < 1.29 is 38.1 Å². The quantitative estimate of drug-likeness (QED) is 0.109. The van der Waals surface area contributed by atoms with E-state index in [9.17, 15) is 19.5 Å². The number of halogens is 1. The Balaban J connectivity index is 1.06. The van der Waals surface area contributed by atoms with E-state index in [-0.39, 0.29) is 35.6 Å². The third-order valence-corrected chi connectivity index (χ3v) is 13.5. The Morgan fingerprint density at radius 2 is 1.57 bits per heavy atom. The minimum atomic E-state index is -1.19. The molecule has 0 aliphatic carbocycles. The lowest BCUT2D eigenvalue weighted by Gasteiger charge is -2.30. The molecule has 3 aliphatic rings. The Bertz CT molecular complexity index is 2800. The average Bonchev–Trinajstić information content (AvgIpc) is 4.11. The molecule has 18 heteroatoms. The molecule has 9 rings (SSSR count). The van der Waals surface area contributed by atoms with Crippen molar-refractivity contribution >= 4 is 40.3 Å². The van der Waals surface area contributed by atoms with Crippen LogP contribution in [0.5, 0.6) is 5.75 Å². The lowest BCUT2D eigenvalue weighted by atomic mass is 10.0. The van der Waals surface area contributed by atoms with Gasteiger partial charge in [0.25, 0.3) is 0 Å². The van der Waals surface area contributed by atoms with E-state index in [1.165, 1.54) is 24.5 Å². The Kier molecular flexibility index (Phi) is 11.2. The SMILES string of the molecule is COC(=O)N[C@H](C(=O)N1CCC[C@H]1c1ncc(-c2cc(F)c3c(c2)OC(c2cnc(C(C)(C)O)s2)n2c-3cc3cc(-c4cnc([C@@H]5CCCN5C(=O)OC(C)(C)C)[nH]4)ccc32)[nH]1)C(C)C. The van der Waals surface area contributed by atoms with Gasteiger partial charge in [-0.1, -0.05) is 19.9 Å². The topological polar surface area (TPSA) is 193 Å². The summed E-state index contributed by atoms with van der Waals surface area (Å²) < 4.78 is 36.1. The number of imidazole rings is 2. The number of thiazole rings is 1. The summed E-state index contributed by atoms with van der Waals surface area (Å²) in [7, 11) is 1.26. The molecular formula is C47H54FN9O7S. The van der Waals surface area contributed by atoms with Crippen LogP contribution in [-0.4, -0.2) is 94.3 Å². The first-order valence-corrected chi connectivity index (χ1v) is 22.8. The van der Waals surface area contributed by atoms with Crippen molar-refractivity contribution in [1.82, 2.24) is 44.6 Å². The van der Waals surface area contributed by atoms with E-state index in [1.807, 2.05) is 63.5 Å². The van der Waals surface area contributed by atoms with E-state index in [0.29, 0.717) is 63.7 Å². The molecule has 342 valence electrons. The third-order valence-electron chi connectivity index (χ3n) is 12.2. The first-order chi connectivity index (χ1) is 30.9. The summed E-state index contributed by atoms with van der Waals surface area (Å²) in [6, 6.07) is 9.76. The number of carbonyl (C=O) groups excluding carboxylic acids is 3. The minimum Gasteiger partial charge on any atom is -0.464 e. The van der Waals surface area contributed by atoms with Crippen LogP contribution in [0.25, 0.3) is 44.7 Å². The van der Waals surface area contributed by atoms with Crippen LogP contribution in [0.3, 0.4) is 0 Å². The molecule has 4 N–H and O–H groups in total. The molecule has 2 saturated heterocycles. The van der Waals surface area contributed by atoms with E-state index >= 15 is 4.39 Å². The third kappa shape index (κ3) is 8.33. The number of fused-ring (bicyclic) bond motifs is 5. The van der Waals surface area contributed by atoms with E-state index < -0.39 is 35.4 Å². The number of nitrogens with one attached hydrogen (secondary N) is 3. The van der Waals surface area contributed by atoms with Crippen molar-refractivity contribution in [3.05, 3.63) is 82.3 Å². The second-order valence-electron chi connectivity index (χ2n) is 18.8. The van der Waals surface area contributed by atoms with Crippen LogP contribution in [-0.2, 0) is 19.9 Å². The number of benzene rings is 2. The number of amides is 3. The van der Waals surface area contributed by atoms with Crippen LogP contribution in [0.2, 0.25) is 0 Å². The van der Waals surface area contributed by atoms with E-state index in [0.717, 1.165) is 41.4 Å². The number of methoxy groups -OCH3 is 1. The second kappa shape index (κ2) is 16.6. The fourth-order valence-electron chi connectivity index (χ4n) is 9.06. The van der Waals surface area contributed by atoms with E-state index in [4.69, 9.17) is 19.2 Å². The molecule has 1 unspecified atom stereocenters. The maximum absolute atomic E-state index is 16.8. The number of carbonyl (C=O) groups is 3. The molecule has 2 fully saturated rings. The summed E-state index contributed by atoms with van der Waals surface area (Å²) in [5.74, 6) is 0.624. The fraction of sp³-hybridized carbons (Fsp3) is 0.447. The maximum Gasteiger partial charge on any atom is 0.410 e. The van der Waals surface area contributed by atoms with Gasteiger partial charge in [0.1, 0.15) is 45.5 Å². The van der Waals surface area contributed by atoms with Gasteiger partial charge in [-0.3, -0.25) is 14.3 Å². The van der Waals surface area contributed by atoms with E-state index in [2.05, 4.69) is 25.3 Å². The van der Waals surface area contributed by atoms with Crippen LogP contribution in [0.1, 0.15) is 114 Å². The zero-order valence-electron chi connectivity index (χ0n) is 37.7. The number of alkyl carbamates (subject to hydrolysis) is 1. The summed E-state index contributed by atoms with van der Waals surface area (Å²) >= 11 is 1.32. The number of nitrogens with zero attached hydrogens (tertiary/aromatic N) is 6. The Labute approximate surface area is 379 Å². The Hall–Kier alpha value is -6.27. The summed E-state index contributed by atoms with van der Waals surface area (Å²) in [5, 5.41) is 14.9. The number of ether oxygens (including phenoxy) is 3. The maximum atomic E-state index is 16.8. The molecule has 16 nitrogen and oxygen atoms in total. The molecular weight excluding hydrogens is 854 g/mol. The predicted octanol–water partition coefficient (Wildman–Crippen LogP) is 8.97. The summed E-state index contributed by atoms with van der Waals surface area (Å²) in [6.45, 7) is 13.7. The zero-order chi connectivity index (χ0) is 46.1. The van der Waals surface area contributed by atoms with Crippen molar-refractivity contribution in [2.24, 2.45) is 5.92 Å². The molecule has 4 aromatic heterocycles. The van der Waals surface area contributed by atoms with Gasteiger partial charge in [-0.2, -0.15) is 0 Å². The van der Waals surface area contributed by atoms with Crippen LogP contribution in [0.4, 0.5) is 14.0 Å². The van der Waals surface area contributed by atoms with Gasteiger partial charge in [-0.05, 0) is 96.6 Å². The standard InChI is InChI=1S/C47H54FN9O7S/c1-24(2)38(54-44(59)62-8)41(58)55-15-9-11-32(55)39-50-22-30(53-39)26-18-28(48)37-34-19-27-17-25(29-21-49-40(52-29)33-12-10-16-56(33)45(60)64-46(3,4)5)13-14-31(27)57(34)42(63-35(37)20-26)36-23-51-43(65-36)47(6,7)61/h13-14,17-24,32-33,38,42,61H,9-12,15-16H2,1-8H3,(H,49,52)(H,50,53)(H,54,59)/t32-,33-,38-,42?/m0/s1. The van der Waals surface area contributed by atoms with Crippen molar-refractivity contribution in [3.63, 3.8) is 0 Å². The highest BCUT2D eigenvalue weighted by molar-refractivity contribution is 7.11. The monoisotopic (exact) mass is 907 g/mol. The molecule has 0 spiro atoms. The van der Waals surface area contributed by atoms with Crippen molar-refractivity contribution in [2.45, 2.75) is 110 Å². The predicted molar refractivity (Wildman–Crippen MR) is 241 cm³/mol. The number of aromatic nitrogens is 6. The second-order valence-corrected chi connectivity index (χ2v) is 19.9. The summed E-state index contributed by atoms with van der Waals surface area (Å²) in [5.41, 5.74) is 2.53. The molecule has 6 aromatic rings. The van der Waals surface area contributed by atoms with Gasteiger partial charge in [0.15, 0.2) is 0 Å². The lowest BCUT2D eigenvalue weighted by molar-refractivity contribution is -0.135. The van der Waals surface area contributed by atoms with Crippen LogP contribution >= 0.6 is 11.3 Å². The van der Waals surface area contributed by atoms with Gasteiger partial charge in [0, 0.05) is 35.8 Å². The number of rotatable bonds is 9. The molecule has 2 aromatic carbocycles. The molecule has 4 atom stereocenters. The van der Waals surface area contributed by atoms with Gasteiger partial charge < -0.3 is 39.5 Å². The van der Waals surface area contributed by atoms with Crippen molar-refractivity contribution in [2.75, 3.05) is 20.2 Å². The molecule has 3 aliphatic heterocycles. The lowest BCUT2D eigenvalue weighted by Crippen LogP contribution is -2.51. The molecule has 0 saturated carbocycles. The molecule has 0 radical (unpaired) electrons. The van der Waals surface area contributed by atoms with Crippen LogP contribution in [0.15, 0.2) is 55.0 Å². The highest BCUT2D eigenvalue weighted by Crippen LogP contribution is 2.48. The minimum absolute atomic E-state index is 0.184. The smallest absolute Gasteiger partial charge is 0.410 e. The Morgan fingerprint density at radius 3 is 2.20 bits per heavy atom. The number of hydrogen-bond donors (Lipinski definition) is 4. The number of H-pyrrole nitrogens is 2. The molecule has 65 heavy (non-hydrogen) atoms. The Morgan fingerprint density at radius 1 is 0.908 bits per heavy atom. The normalized spacial score (nSPS) is 19.0. The van der Waals surface area contributed by atoms with E-state index in [1.54, 1.807) is 48.3 Å². The summed E-state index contributed by atoms with van der Waals surface area (Å²) in [4.78, 5) is 63.9.